The first-order chi connectivity index (χ1) is 9.61. The first-order valence-electron chi connectivity index (χ1n) is 6.34. The Kier molecular flexibility index (Phi) is 4.58. The molecular formula is C16H18N2OS. The van der Waals surface area contributed by atoms with Crippen LogP contribution in [0.5, 0.6) is 5.75 Å². The second-order valence-electron chi connectivity index (χ2n) is 4.59. The molecule has 2 N–H and O–H groups in total. The average molecular weight is 286 g/mol. The second-order valence-corrected chi connectivity index (χ2v) is 5.03. The van der Waals surface area contributed by atoms with Gasteiger partial charge in [-0.2, -0.15) is 0 Å². The van der Waals surface area contributed by atoms with Crippen molar-refractivity contribution in [2.75, 3.05) is 19.1 Å². The number of ether oxygens (including phenoxy) is 1. The summed E-state index contributed by atoms with van der Waals surface area (Å²) in [6.45, 7) is 0.761. The Bertz CT molecular complexity index is 613. The zero-order chi connectivity index (χ0) is 14.5. The normalized spacial score (nSPS) is 10.1. The number of thiocarbonyl (C=S) groups is 1. The molecule has 4 heteroatoms. The molecule has 0 bridgehead atoms. The Hall–Kier alpha value is -2.07. The standard InChI is InChI=1S/C16H18N2OS/c1-18(14-8-3-4-9-15(14)19-2)11-12-6-5-7-13(10-12)16(17)20/h3-10H,11H2,1-2H3,(H2,17,20). The highest BCUT2D eigenvalue weighted by atomic mass is 32.1. The molecular weight excluding hydrogens is 268 g/mol. The molecule has 0 aromatic heterocycles. The predicted molar refractivity (Wildman–Crippen MR) is 87.4 cm³/mol. The Labute approximate surface area is 125 Å². The van der Waals surface area contributed by atoms with Gasteiger partial charge in [-0.25, -0.2) is 0 Å². The molecule has 0 aliphatic heterocycles. The third kappa shape index (κ3) is 3.27. The van der Waals surface area contributed by atoms with Gasteiger partial charge in [-0.3, -0.25) is 0 Å². The van der Waals surface area contributed by atoms with Crippen molar-refractivity contribution in [3.05, 3.63) is 59.7 Å². The van der Waals surface area contributed by atoms with Gasteiger partial charge in [0.1, 0.15) is 10.7 Å². The van der Waals surface area contributed by atoms with Crippen molar-refractivity contribution < 1.29 is 4.74 Å². The van der Waals surface area contributed by atoms with Gasteiger partial charge in [0.05, 0.1) is 12.8 Å². The van der Waals surface area contributed by atoms with Gasteiger partial charge in [-0.15, -0.1) is 0 Å². The highest BCUT2D eigenvalue weighted by Crippen LogP contribution is 2.27. The summed E-state index contributed by atoms with van der Waals surface area (Å²) in [5.74, 6) is 0.862. The van der Waals surface area contributed by atoms with E-state index < -0.39 is 0 Å². The summed E-state index contributed by atoms with van der Waals surface area (Å²) in [7, 11) is 3.71. The second kappa shape index (κ2) is 6.39. The molecule has 0 radical (unpaired) electrons. The van der Waals surface area contributed by atoms with Gasteiger partial charge in [0, 0.05) is 19.2 Å². The van der Waals surface area contributed by atoms with Crippen LogP contribution >= 0.6 is 12.2 Å². The topological polar surface area (TPSA) is 38.5 Å². The first-order valence-corrected chi connectivity index (χ1v) is 6.75. The van der Waals surface area contributed by atoms with Crippen molar-refractivity contribution in [3.63, 3.8) is 0 Å². The van der Waals surface area contributed by atoms with Crippen LogP contribution in [0.3, 0.4) is 0 Å². The summed E-state index contributed by atoms with van der Waals surface area (Å²) < 4.78 is 5.38. The lowest BCUT2D eigenvalue weighted by atomic mass is 10.1. The van der Waals surface area contributed by atoms with Crippen LogP contribution in [0, 0.1) is 0 Å². The molecule has 0 fully saturated rings. The lowest BCUT2D eigenvalue weighted by molar-refractivity contribution is 0.415. The molecule has 0 aliphatic rings. The Morgan fingerprint density at radius 1 is 1.20 bits per heavy atom. The van der Waals surface area contributed by atoms with Gasteiger partial charge >= 0.3 is 0 Å². The summed E-state index contributed by atoms with van der Waals surface area (Å²) in [6, 6.07) is 15.9. The molecule has 0 heterocycles. The zero-order valence-electron chi connectivity index (χ0n) is 11.7. The largest absolute Gasteiger partial charge is 0.495 e. The summed E-state index contributed by atoms with van der Waals surface area (Å²) in [4.78, 5) is 2.56. The lowest BCUT2D eigenvalue weighted by Crippen LogP contribution is -2.18. The number of methoxy groups -OCH3 is 1. The highest BCUT2D eigenvalue weighted by molar-refractivity contribution is 7.80. The van der Waals surface area contributed by atoms with Gasteiger partial charge < -0.3 is 15.4 Å². The highest BCUT2D eigenvalue weighted by Gasteiger charge is 2.08. The van der Waals surface area contributed by atoms with Crippen molar-refractivity contribution >= 4 is 22.9 Å². The molecule has 2 rings (SSSR count). The smallest absolute Gasteiger partial charge is 0.142 e. The fraction of sp³-hybridized carbons (Fsp3) is 0.188. The quantitative estimate of drug-likeness (QED) is 0.858. The van der Waals surface area contributed by atoms with Crippen molar-refractivity contribution in [2.45, 2.75) is 6.54 Å². The van der Waals surface area contributed by atoms with Crippen LogP contribution in [0.2, 0.25) is 0 Å². The summed E-state index contributed by atoms with van der Waals surface area (Å²) in [5.41, 5.74) is 8.77. The molecule has 2 aromatic rings. The molecule has 0 unspecified atom stereocenters. The van der Waals surface area contributed by atoms with Crippen LogP contribution in [-0.4, -0.2) is 19.1 Å². The van der Waals surface area contributed by atoms with Gasteiger partial charge in [0.2, 0.25) is 0 Å². The van der Waals surface area contributed by atoms with Crippen molar-refractivity contribution in [2.24, 2.45) is 5.73 Å². The molecule has 0 atom stereocenters. The average Bonchev–Trinajstić information content (AvgIpc) is 2.47. The van der Waals surface area contributed by atoms with Crippen molar-refractivity contribution in [1.29, 1.82) is 0 Å². The van der Waals surface area contributed by atoms with E-state index in [1.807, 2.05) is 49.5 Å². The molecule has 0 amide bonds. The maximum Gasteiger partial charge on any atom is 0.142 e. The molecule has 20 heavy (non-hydrogen) atoms. The van der Waals surface area contributed by atoms with E-state index in [9.17, 15) is 0 Å². The lowest BCUT2D eigenvalue weighted by Gasteiger charge is -2.22. The molecule has 2 aromatic carbocycles. The minimum absolute atomic E-state index is 0.423. The number of anilines is 1. The Morgan fingerprint density at radius 3 is 2.65 bits per heavy atom. The number of rotatable bonds is 5. The summed E-state index contributed by atoms with van der Waals surface area (Å²) in [6.07, 6.45) is 0. The van der Waals surface area contributed by atoms with Gasteiger partial charge in [0.15, 0.2) is 0 Å². The molecule has 0 saturated heterocycles. The van der Waals surface area contributed by atoms with Crippen LogP contribution in [0.4, 0.5) is 5.69 Å². The van der Waals surface area contributed by atoms with E-state index in [0.29, 0.717) is 4.99 Å². The predicted octanol–water partition coefficient (Wildman–Crippen LogP) is 2.97. The minimum Gasteiger partial charge on any atom is -0.495 e. The Balaban J connectivity index is 2.21. The van der Waals surface area contributed by atoms with E-state index in [4.69, 9.17) is 22.7 Å². The molecule has 0 spiro atoms. The van der Waals surface area contributed by atoms with Crippen LogP contribution in [-0.2, 0) is 6.54 Å². The SMILES string of the molecule is COc1ccccc1N(C)Cc1cccc(C(N)=S)c1. The summed E-state index contributed by atoms with van der Waals surface area (Å²) in [5, 5.41) is 0. The van der Waals surface area contributed by atoms with E-state index in [1.165, 1.54) is 0 Å². The van der Waals surface area contributed by atoms with Gasteiger partial charge in [-0.1, -0.05) is 42.5 Å². The molecule has 0 aliphatic carbocycles. The van der Waals surface area contributed by atoms with E-state index in [2.05, 4.69) is 11.0 Å². The fourth-order valence-electron chi connectivity index (χ4n) is 2.13. The van der Waals surface area contributed by atoms with Gasteiger partial charge in [-0.05, 0) is 23.8 Å². The minimum atomic E-state index is 0.423. The number of nitrogens with two attached hydrogens (primary N) is 1. The fourth-order valence-corrected chi connectivity index (χ4v) is 2.25. The zero-order valence-corrected chi connectivity index (χ0v) is 12.5. The molecule has 3 nitrogen and oxygen atoms in total. The van der Waals surface area contributed by atoms with E-state index >= 15 is 0 Å². The first kappa shape index (κ1) is 14.3. The Morgan fingerprint density at radius 2 is 1.95 bits per heavy atom. The third-order valence-corrected chi connectivity index (χ3v) is 3.36. The number of benzene rings is 2. The molecule has 0 saturated carbocycles. The molecule has 104 valence electrons. The summed E-state index contributed by atoms with van der Waals surface area (Å²) >= 11 is 5.01. The number of hydrogen-bond acceptors (Lipinski definition) is 3. The van der Waals surface area contributed by atoms with Gasteiger partial charge in [0.25, 0.3) is 0 Å². The van der Waals surface area contributed by atoms with Crippen LogP contribution in [0.15, 0.2) is 48.5 Å². The maximum atomic E-state index is 5.67. The number of para-hydroxylation sites is 2. The monoisotopic (exact) mass is 286 g/mol. The van der Waals surface area contributed by atoms with Crippen molar-refractivity contribution in [1.82, 2.24) is 0 Å². The van der Waals surface area contributed by atoms with E-state index in [1.54, 1.807) is 7.11 Å². The number of nitrogens with zero attached hydrogens (tertiary/aromatic N) is 1. The number of hydrogen-bond donors (Lipinski definition) is 1. The van der Waals surface area contributed by atoms with Crippen LogP contribution in [0.1, 0.15) is 11.1 Å². The van der Waals surface area contributed by atoms with Crippen LogP contribution < -0.4 is 15.4 Å². The van der Waals surface area contributed by atoms with E-state index in [0.717, 1.165) is 29.1 Å². The van der Waals surface area contributed by atoms with Crippen LogP contribution in [0.25, 0.3) is 0 Å². The van der Waals surface area contributed by atoms with Crippen molar-refractivity contribution in [3.8, 4) is 5.75 Å². The third-order valence-electron chi connectivity index (χ3n) is 3.13. The maximum absolute atomic E-state index is 5.67. The van der Waals surface area contributed by atoms with E-state index in [-0.39, 0.29) is 0 Å².